The van der Waals surface area contributed by atoms with Gasteiger partial charge < -0.3 is 4.90 Å². The number of rotatable bonds is 4. The normalized spacial score (nSPS) is 27.7. The van der Waals surface area contributed by atoms with E-state index in [1.165, 1.54) is 0 Å². The van der Waals surface area contributed by atoms with Gasteiger partial charge in [0.05, 0.1) is 6.04 Å². The molecule has 1 aliphatic heterocycles. The van der Waals surface area contributed by atoms with Crippen molar-refractivity contribution in [2.24, 2.45) is 0 Å². The van der Waals surface area contributed by atoms with Crippen LogP contribution in [0.15, 0.2) is 0 Å². The van der Waals surface area contributed by atoms with Crippen LogP contribution in [-0.2, 0) is 19.5 Å². The second kappa shape index (κ2) is 4.84. The minimum atomic E-state index is -4.57. The van der Waals surface area contributed by atoms with E-state index in [0.29, 0.717) is 12.8 Å². The monoisotopic (exact) mass is 242 g/mol. The van der Waals surface area contributed by atoms with Gasteiger partial charge in [-0.1, -0.05) is 0 Å². The molecule has 0 unspecified atom stereocenters. The molecule has 0 aromatic heterocycles. The third kappa shape index (κ3) is 4.08. The summed E-state index contributed by atoms with van der Waals surface area (Å²) in [5, 5.41) is 0. The molecule has 0 saturated carbocycles. The summed E-state index contributed by atoms with van der Waals surface area (Å²) in [6.45, 7) is -0.0137. The maximum atomic E-state index is 13.0. The lowest BCUT2D eigenvalue weighted by Crippen LogP contribution is -2.48. The van der Waals surface area contributed by atoms with Crippen LogP contribution in [0.5, 0.6) is 0 Å². The van der Waals surface area contributed by atoms with Gasteiger partial charge in [-0.2, -0.15) is 18.2 Å². The molecule has 15 heavy (non-hydrogen) atoms. The first kappa shape index (κ1) is 12.3. The standard InChI is InChI=1S/C6H11FN2O5S/c7-6-2-1-5(3-9(6)4-10)8-14-15(11,12)13/h4-6,8H,1-3H2,(H,11,12,13)/t5-,6+/m1/s1. The number of hydroxylamine groups is 1. The van der Waals surface area contributed by atoms with Gasteiger partial charge in [0.2, 0.25) is 6.41 Å². The Labute approximate surface area is 86.1 Å². The minimum absolute atomic E-state index is 0.0137. The maximum absolute atomic E-state index is 13.0. The molecule has 2 N–H and O–H groups in total. The molecule has 0 aromatic rings. The molecule has 1 saturated heterocycles. The number of piperidine rings is 1. The average molecular weight is 242 g/mol. The lowest BCUT2D eigenvalue weighted by atomic mass is 10.1. The summed E-state index contributed by atoms with van der Waals surface area (Å²) in [6.07, 6.45) is -0.621. The highest BCUT2D eigenvalue weighted by Gasteiger charge is 2.27. The largest absolute Gasteiger partial charge is 0.413 e. The molecule has 7 nitrogen and oxygen atoms in total. The Kier molecular flexibility index (Phi) is 3.97. The van der Waals surface area contributed by atoms with Gasteiger partial charge in [-0.25, -0.2) is 4.39 Å². The van der Waals surface area contributed by atoms with Crippen LogP contribution in [0.3, 0.4) is 0 Å². The van der Waals surface area contributed by atoms with Crippen molar-refractivity contribution in [1.29, 1.82) is 0 Å². The van der Waals surface area contributed by atoms with E-state index in [0.717, 1.165) is 4.90 Å². The lowest BCUT2D eigenvalue weighted by Gasteiger charge is -2.32. The molecule has 1 aliphatic rings. The van der Waals surface area contributed by atoms with Crippen molar-refractivity contribution >= 4 is 16.8 Å². The molecular weight excluding hydrogens is 231 g/mol. The van der Waals surface area contributed by atoms with Crippen LogP contribution >= 0.6 is 0 Å². The van der Waals surface area contributed by atoms with Gasteiger partial charge in [0.15, 0.2) is 6.30 Å². The molecule has 9 heteroatoms. The molecule has 0 spiro atoms. The van der Waals surface area contributed by atoms with Crippen molar-refractivity contribution < 1.29 is 26.4 Å². The first-order chi connectivity index (χ1) is 6.92. The van der Waals surface area contributed by atoms with E-state index >= 15 is 0 Å². The molecule has 1 rings (SSSR count). The second-order valence-electron chi connectivity index (χ2n) is 3.14. The predicted octanol–water partition coefficient (Wildman–Crippen LogP) is -0.773. The number of nitrogens with one attached hydrogen (secondary N) is 1. The second-order valence-corrected chi connectivity index (χ2v) is 4.16. The topological polar surface area (TPSA) is 95.9 Å². The smallest absolute Gasteiger partial charge is 0.313 e. The number of hydrogen-bond donors (Lipinski definition) is 2. The molecule has 2 atom stereocenters. The van der Waals surface area contributed by atoms with E-state index in [2.05, 4.69) is 4.28 Å². The van der Waals surface area contributed by atoms with Gasteiger partial charge in [0.1, 0.15) is 0 Å². The third-order valence-corrected chi connectivity index (χ3v) is 2.31. The minimum Gasteiger partial charge on any atom is -0.313 e. The number of amides is 1. The van der Waals surface area contributed by atoms with Crippen molar-refractivity contribution in [3.63, 3.8) is 0 Å². The molecule has 0 bridgehead atoms. The van der Waals surface area contributed by atoms with E-state index in [4.69, 9.17) is 4.55 Å². The number of carbonyl (C=O) groups excluding carboxylic acids is 1. The Morgan fingerprint density at radius 2 is 2.20 bits per heavy atom. The Balaban J connectivity index is 2.42. The third-order valence-electron chi connectivity index (χ3n) is 2.00. The number of hydrogen-bond acceptors (Lipinski definition) is 5. The maximum Gasteiger partial charge on any atom is 0.413 e. The average Bonchev–Trinajstić information content (AvgIpc) is 2.15. The first-order valence-electron chi connectivity index (χ1n) is 4.19. The van der Waals surface area contributed by atoms with Crippen LogP contribution in [0.2, 0.25) is 0 Å². The molecular formula is C6H11FN2O5S. The van der Waals surface area contributed by atoms with Crippen LogP contribution in [-0.4, -0.2) is 43.2 Å². The quantitative estimate of drug-likeness (QED) is 0.291. The molecule has 0 aromatic carbocycles. The van der Waals surface area contributed by atoms with Crippen molar-refractivity contribution in [2.75, 3.05) is 6.54 Å². The molecule has 0 radical (unpaired) electrons. The van der Waals surface area contributed by atoms with Gasteiger partial charge >= 0.3 is 10.4 Å². The van der Waals surface area contributed by atoms with Crippen molar-refractivity contribution in [3.8, 4) is 0 Å². The van der Waals surface area contributed by atoms with Crippen molar-refractivity contribution in [1.82, 2.24) is 10.4 Å². The van der Waals surface area contributed by atoms with Gasteiger partial charge in [-0.15, -0.1) is 0 Å². The van der Waals surface area contributed by atoms with Crippen LogP contribution in [0, 0.1) is 0 Å². The van der Waals surface area contributed by atoms with Crippen LogP contribution in [0.25, 0.3) is 0 Å². The van der Waals surface area contributed by atoms with E-state index in [-0.39, 0.29) is 13.0 Å². The highest BCUT2D eigenvalue weighted by molar-refractivity contribution is 7.80. The van der Waals surface area contributed by atoms with Gasteiger partial charge in [0, 0.05) is 6.54 Å². The van der Waals surface area contributed by atoms with Crippen LogP contribution < -0.4 is 5.48 Å². The summed E-state index contributed by atoms with van der Waals surface area (Å²) in [7, 11) is -4.57. The van der Waals surface area contributed by atoms with E-state index in [9.17, 15) is 17.6 Å². The van der Waals surface area contributed by atoms with E-state index in [1.807, 2.05) is 5.48 Å². The fourth-order valence-electron chi connectivity index (χ4n) is 1.30. The van der Waals surface area contributed by atoms with E-state index < -0.39 is 22.7 Å². The summed E-state index contributed by atoms with van der Waals surface area (Å²) in [6, 6.07) is -0.524. The lowest BCUT2D eigenvalue weighted by molar-refractivity contribution is -0.126. The SMILES string of the molecule is O=CN1C[C@H](NOS(=O)(=O)O)CC[C@H]1F. The summed E-state index contributed by atoms with van der Waals surface area (Å²) >= 11 is 0. The Hall–Kier alpha value is -0.770. The van der Waals surface area contributed by atoms with E-state index in [1.54, 1.807) is 0 Å². The molecule has 88 valence electrons. The van der Waals surface area contributed by atoms with Gasteiger partial charge in [0.25, 0.3) is 0 Å². The predicted molar refractivity (Wildman–Crippen MR) is 46.5 cm³/mol. The highest BCUT2D eigenvalue weighted by atomic mass is 32.3. The molecule has 0 aliphatic carbocycles. The Morgan fingerprint density at radius 1 is 1.53 bits per heavy atom. The summed E-state index contributed by atoms with van der Waals surface area (Å²) in [5.74, 6) is 0. The molecule has 1 amide bonds. The van der Waals surface area contributed by atoms with Crippen molar-refractivity contribution in [2.45, 2.75) is 25.2 Å². The number of nitrogens with zero attached hydrogens (tertiary/aromatic N) is 1. The summed E-state index contributed by atoms with van der Waals surface area (Å²) < 4.78 is 45.5. The first-order valence-corrected chi connectivity index (χ1v) is 5.55. The zero-order valence-corrected chi connectivity index (χ0v) is 8.48. The number of alkyl halides is 1. The number of likely N-dealkylation sites (tertiary alicyclic amines) is 1. The fourth-order valence-corrected chi connectivity index (χ4v) is 1.56. The molecule has 1 fully saturated rings. The fraction of sp³-hybridized carbons (Fsp3) is 0.833. The zero-order chi connectivity index (χ0) is 11.5. The zero-order valence-electron chi connectivity index (χ0n) is 7.67. The molecule has 1 heterocycles. The summed E-state index contributed by atoms with van der Waals surface area (Å²) in [5.41, 5.74) is 2.04. The van der Waals surface area contributed by atoms with Gasteiger partial charge in [-0.05, 0) is 12.8 Å². The van der Waals surface area contributed by atoms with Crippen molar-refractivity contribution in [3.05, 3.63) is 0 Å². The number of carbonyl (C=O) groups is 1. The van der Waals surface area contributed by atoms with Crippen LogP contribution in [0.1, 0.15) is 12.8 Å². The Morgan fingerprint density at radius 3 is 2.73 bits per heavy atom. The summed E-state index contributed by atoms with van der Waals surface area (Å²) in [4.78, 5) is 11.3. The van der Waals surface area contributed by atoms with Crippen LogP contribution in [0.4, 0.5) is 4.39 Å². The number of halogens is 1. The van der Waals surface area contributed by atoms with Gasteiger partial charge in [-0.3, -0.25) is 9.35 Å². The Bertz CT molecular complexity index is 321. The highest BCUT2D eigenvalue weighted by Crippen LogP contribution is 2.16.